The number of para-hydroxylation sites is 1. The first-order chi connectivity index (χ1) is 16.6. The van der Waals surface area contributed by atoms with Crippen molar-refractivity contribution in [2.75, 3.05) is 6.61 Å². The van der Waals surface area contributed by atoms with E-state index in [0.29, 0.717) is 0 Å². The number of H-pyrrole nitrogens is 1. The fraction of sp³-hybridized carbons (Fsp3) is 0.333. The average molecular weight is 491 g/mol. The summed E-state index contributed by atoms with van der Waals surface area (Å²) in [5.74, 6) is -2.96. The summed E-state index contributed by atoms with van der Waals surface area (Å²) in [5, 5.41) is 7.48. The van der Waals surface area contributed by atoms with Gasteiger partial charge in [0, 0.05) is 26.5 Å². The number of rotatable bonds is 6. The molecule has 0 saturated carbocycles. The summed E-state index contributed by atoms with van der Waals surface area (Å²) in [6.07, 6.45) is -0.395. The Morgan fingerprint density at radius 1 is 1.17 bits per heavy atom. The fourth-order valence-electron chi connectivity index (χ4n) is 3.64. The molecule has 0 unspecified atom stereocenters. The van der Waals surface area contributed by atoms with Crippen LogP contribution in [-0.2, 0) is 23.8 Å². The third kappa shape index (κ3) is 5.01. The van der Waals surface area contributed by atoms with Gasteiger partial charge in [0.2, 0.25) is 0 Å². The number of ether oxygens (including phenoxy) is 3. The van der Waals surface area contributed by atoms with Crippen LogP contribution in [0.15, 0.2) is 40.2 Å². The van der Waals surface area contributed by atoms with Gasteiger partial charge < -0.3 is 14.2 Å². The normalized spacial score (nSPS) is 19.5. The Morgan fingerprint density at radius 2 is 1.89 bits per heavy atom. The third-order valence-electron chi connectivity index (χ3n) is 5.16. The zero-order valence-corrected chi connectivity index (χ0v) is 18.4. The van der Waals surface area contributed by atoms with Gasteiger partial charge in [0.05, 0.1) is 11.8 Å². The highest BCUT2D eigenvalue weighted by Gasteiger charge is 2.40. The van der Waals surface area contributed by atoms with Gasteiger partial charge in [-0.3, -0.25) is 23.9 Å². The van der Waals surface area contributed by atoms with E-state index in [2.05, 4.69) is 15.3 Å². The molecule has 0 aliphatic carbocycles. The maximum Gasteiger partial charge on any atom is 0.330 e. The first-order valence-electron chi connectivity index (χ1n) is 10.3. The van der Waals surface area contributed by atoms with Crippen LogP contribution in [0.5, 0.6) is 0 Å². The molecule has 1 aromatic carbocycles. The molecule has 1 aliphatic heterocycles. The Balaban J connectivity index is 1.67. The Labute approximate surface area is 195 Å². The SMILES string of the molecule is CC(=O)OC[C@H]1O[C@@H](n2cc(-c3cn(-c4c(F)cccc4F)nn3)c(=O)[nH]c2=O)C[C@@H]1OC(C)=O. The van der Waals surface area contributed by atoms with Gasteiger partial charge in [-0.2, -0.15) is 0 Å². The maximum absolute atomic E-state index is 14.1. The van der Waals surface area contributed by atoms with E-state index in [0.717, 1.165) is 33.8 Å². The quantitative estimate of drug-likeness (QED) is 0.496. The molecule has 1 aliphatic rings. The molecule has 184 valence electrons. The Hall–Kier alpha value is -4.20. The van der Waals surface area contributed by atoms with Crippen LogP contribution in [0.2, 0.25) is 0 Å². The Kier molecular flexibility index (Phi) is 6.55. The van der Waals surface area contributed by atoms with E-state index in [1.165, 1.54) is 19.9 Å². The number of esters is 2. The van der Waals surface area contributed by atoms with E-state index >= 15 is 0 Å². The highest BCUT2D eigenvalue weighted by molar-refractivity contribution is 5.66. The molecule has 3 aromatic rings. The monoisotopic (exact) mass is 491 g/mol. The number of benzene rings is 1. The Bertz CT molecular complexity index is 1380. The van der Waals surface area contributed by atoms with Gasteiger partial charge in [-0.25, -0.2) is 18.3 Å². The molecule has 0 amide bonds. The molecule has 0 radical (unpaired) electrons. The topological polar surface area (TPSA) is 147 Å². The first kappa shape index (κ1) is 23.9. The van der Waals surface area contributed by atoms with Gasteiger partial charge >= 0.3 is 17.6 Å². The van der Waals surface area contributed by atoms with Gasteiger partial charge in [-0.15, -0.1) is 5.10 Å². The standard InChI is InChI=1S/C21H19F2N5O7/c1-10(29)33-9-17-16(34-11(2)30)6-18(35-17)27-7-12(20(31)24-21(27)32)15-8-28(26-25-15)19-13(22)4-3-5-14(19)23/h3-5,7-8,16-18H,6,9H2,1-2H3,(H,24,31,32)/t16-,17+,18+/m0/s1. The van der Waals surface area contributed by atoms with Crippen LogP contribution in [0.1, 0.15) is 26.5 Å². The molecule has 0 spiro atoms. The van der Waals surface area contributed by atoms with Gasteiger partial charge in [0.25, 0.3) is 5.56 Å². The van der Waals surface area contributed by atoms with Crippen molar-refractivity contribution in [3.63, 3.8) is 0 Å². The smallest absolute Gasteiger partial charge is 0.330 e. The molecule has 3 atom stereocenters. The zero-order valence-electron chi connectivity index (χ0n) is 18.4. The lowest BCUT2D eigenvalue weighted by molar-refractivity contribution is -0.155. The maximum atomic E-state index is 14.1. The minimum absolute atomic E-state index is 0.0179. The van der Waals surface area contributed by atoms with Crippen molar-refractivity contribution in [1.29, 1.82) is 0 Å². The van der Waals surface area contributed by atoms with Crippen molar-refractivity contribution >= 4 is 11.9 Å². The summed E-state index contributed by atoms with van der Waals surface area (Å²) in [7, 11) is 0. The van der Waals surface area contributed by atoms with Crippen LogP contribution >= 0.6 is 0 Å². The molecule has 3 heterocycles. The van der Waals surface area contributed by atoms with Crippen LogP contribution in [0.3, 0.4) is 0 Å². The fourth-order valence-corrected chi connectivity index (χ4v) is 3.64. The predicted molar refractivity (Wildman–Crippen MR) is 112 cm³/mol. The van der Waals surface area contributed by atoms with E-state index in [1.807, 2.05) is 0 Å². The lowest BCUT2D eigenvalue weighted by atomic mass is 10.2. The van der Waals surface area contributed by atoms with E-state index in [9.17, 15) is 28.0 Å². The molecular formula is C21H19F2N5O7. The van der Waals surface area contributed by atoms with Crippen LogP contribution in [0.25, 0.3) is 16.9 Å². The molecule has 12 nitrogen and oxygen atoms in total. The van der Waals surface area contributed by atoms with Gasteiger partial charge in [0.15, 0.2) is 11.6 Å². The molecule has 1 N–H and O–H groups in total. The average Bonchev–Trinajstić information content (AvgIpc) is 3.39. The second kappa shape index (κ2) is 9.58. The number of halogens is 2. The third-order valence-corrected chi connectivity index (χ3v) is 5.16. The summed E-state index contributed by atoms with van der Waals surface area (Å²) in [5.41, 5.74) is -2.35. The van der Waals surface area contributed by atoms with Crippen LogP contribution in [0, 0.1) is 11.6 Å². The Morgan fingerprint density at radius 3 is 2.54 bits per heavy atom. The minimum atomic E-state index is -0.998. The molecule has 0 bridgehead atoms. The number of nitrogens with one attached hydrogen (secondary N) is 1. The van der Waals surface area contributed by atoms with Crippen molar-refractivity contribution in [3.8, 4) is 16.9 Å². The lowest BCUT2D eigenvalue weighted by Crippen LogP contribution is -2.33. The van der Waals surface area contributed by atoms with E-state index in [1.54, 1.807) is 0 Å². The van der Waals surface area contributed by atoms with E-state index in [4.69, 9.17) is 14.2 Å². The summed E-state index contributed by atoms with van der Waals surface area (Å²) in [6.45, 7) is 2.17. The van der Waals surface area contributed by atoms with Crippen molar-refractivity contribution < 1.29 is 32.6 Å². The number of aromatic amines is 1. The second-order valence-electron chi connectivity index (χ2n) is 7.64. The summed E-state index contributed by atoms with van der Waals surface area (Å²) in [4.78, 5) is 49.8. The van der Waals surface area contributed by atoms with E-state index < -0.39 is 58.9 Å². The molecule has 1 fully saturated rings. The predicted octanol–water partition coefficient (Wildman–Crippen LogP) is 0.845. The van der Waals surface area contributed by atoms with Gasteiger partial charge in [-0.05, 0) is 12.1 Å². The second-order valence-corrected chi connectivity index (χ2v) is 7.64. The van der Waals surface area contributed by atoms with Crippen LogP contribution in [0.4, 0.5) is 8.78 Å². The van der Waals surface area contributed by atoms with Crippen molar-refractivity contribution in [1.82, 2.24) is 24.5 Å². The molecule has 1 saturated heterocycles. The van der Waals surface area contributed by atoms with Crippen LogP contribution < -0.4 is 11.2 Å². The number of nitrogens with zero attached hydrogens (tertiary/aromatic N) is 4. The number of carbonyl (C=O) groups is 2. The van der Waals surface area contributed by atoms with Crippen molar-refractivity contribution in [3.05, 3.63) is 63.1 Å². The molecular weight excluding hydrogens is 472 g/mol. The molecule has 4 rings (SSSR count). The molecule has 2 aromatic heterocycles. The van der Waals surface area contributed by atoms with Gasteiger partial charge in [-0.1, -0.05) is 11.3 Å². The first-order valence-corrected chi connectivity index (χ1v) is 10.3. The number of hydrogen-bond acceptors (Lipinski definition) is 9. The van der Waals surface area contributed by atoms with Crippen molar-refractivity contribution in [2.45, 2.75) is 38.7 Å². The van der Waals surface area contributed by atoms with Crippen LogP contribution in [-0.4, -0.2) is 55.3 Å². The largest absolute Gasteiger partial charge is 0.463 e. The summed E-state index contributed by atoms with van der Waals surface area (Å²) in [6, 6.07) is 3.26. The van der Waals surface area contributed by atoms with E-state index in [-0.39, 0.29) is 24.3 Å². The summed E-state index contributed by atoms with van der Waals surface area (Å²) >= 11 is 0. The highest BCUT2D eigenvalue weighted by atomic mass is 19.1. The summed E-state index contributed by atoms with van der Waals surface area (Å²) < 4.78 is 46.0. The number of aromatic nitrogens is 5. The molecule has 35 heavy (non-hydrogen) atoms. The lowest BCUT2D eigenvalue weighted by Gasteiger charge is -2.17. The minimum Gasteiger partial charge on any atom is -0.463 e. The number of carbonyl (C=O) groups excluding carboxylic acids is 2. The number of hydrogen-bond donors (Lipinski definition) is 1. The highest BCUT2D eigenvalue weighted by Crippen LogP contribution is 2.31. The van der Waals surface area contributed by atoms with Gasteiger partial charge in [0.1, 0.15) is 36.4 Å². The zero-order chi connectivity index (χ0) is 25.3. The van der Waals surface area contributed by atoms with Crippen molar-refractivity contribution in [2.24, 2.45) is 0 Å². The molecule has 14 heteroatoms.